The van der Waals surface area contributed by atoms with E-state index in [9.17, 15) is 0 Å². The zero-order valence-electron chi connectivity index (χ0n) is 17.0. The minimum atomic E-state index is 0.821. The molecule has 1 fully saturated rings. The number of ether oxygens (including phenoxy) is 1. The van der Waals surface area contributed by atoms with Crippen molar-refractivity contribution < 1.29 is 4.74 Å². The molecule has 2 N–H and O–H groups in total. The molecule has 0 atom stereocenters. The van der Waals surface area contributed by atoms with Crippen molar-refractivity contribution in [2.45, 2.75) is 26.2 Å². The lowest BCUT2D eigenvalue weighted by molar-refractivity contribution is 0.283. The Morgan fingerprint density at radius 2 is 2.11 bits per heavy atom. The number of likely N-dealkylation sites (N-methyl/N-ethyl adjacent to an activating group) is 1. The second-order valence-electron chi connectivity index (χ2n) is 7.48. The van der Waals surface area contributed by atoms with Crippen LogP contribution in [0.15, 0.2) is 23.2 Å². The summed E-state index contributed by atoms with van der Waals surface area (Å²) in [6, 6.07) is 6.56. The smallest absolute Gasteiger partial charge is 0.191 e. The normalized spacial score (nSPS) is 18.7. The van der Waals surface area contributed by atoms with Crippen molar-refractivity contribution in [2.75, 3.05) is 66.0 Å². The molecule has 0 aromatic heterocycles. The Hall–Kier alpha value is -1.79. The van der Waals surface area contributed by atoms with Crippen molar-refractivity contribution in [3.63, 3.8) is 0 Å². The summed E-state index contributed by atoms with van der Waals surface area (Å²) in [5, 5.41) is 6.83. The molecule has 0 bridgehead atoms. The summed E-state index contributed by atoms with van der Waals surface area (Å²) < 4.78 is 5.58. The maximum absolute atomic E-state index is 5.58. The molecule has 1 aromatic rings. The van der Waals surface area contributed by atoms with E-state index in [0.717, 1.165) is 70.4 Å². The molecule has 2 aliphatic rings. The number of rotatable bonds is 7. The van der Waals surface area contributed by atoms with Crippen LogP contribution in [0, 0.1) is 0 Å². The maximum atomic E-state index is 5.58. The molecule has 0 aliphatic carbocycles. The fourth-order valence-electron chi connectivity index (χ4n) is 3.69. The van der Waals surface area contributed by atoms with Gasteiger partial charge in [-0.25, -0.2) is 0 Å². The quantitative estimate of drug-likeness (QED) is 0.558. The van der Waals surface area contributed by atoms with E-state index in [0.29, 0.717) is 0 Å². The first kappa shape index (κ1) is 20.0. The lowest BCUT2D eigenvalue weighted by atomic mass is 10.1. The van der Waals surface area contributed by atoms with E-state index >= 15 is 0 Å². The SMILES string of the molecule is CCNC(=NCCN1CCCN(C)CC1)NCCc1ccc2c(c1)CCO2. The Balaban J connectivity index is 1.42. The van der Waals surface area contributed by atoms with Gasteiger partial charge in [-0.2, -0.15) is 0 Å². The molecule has 150 valence electrons. The Morgan fingerprint density at radius 3 is 3.00 bits per heavy atom. The van der Waals surface area contributed by atoms with Crippen molar-refractivity contribution in [1.82, 2.24) is 20.4 Å². The number of nitrogens with zero attached hydrogens (tertiary/aromatic N) is 3. The van der Waals surface area contributed by atoms with E-state index in [1.165, 1.54) is 30.6 Å². The monoisotopic (exact) mass is 373 g/mol. The van der Waals surface area contributed by atoms with Crippen LogP contribution in [0.4, 0.5) is 0 Å². The summed E-state index contributed by atoms with van der Waals surface area (Å²) in [6.07, 6.45) is 3.29. The van der Waals surface area contributed by atoms with Crippen LogP contribution in [0.1, 0.15) is 24.5 Å². The molecule has 3 rings (SSSR count). The topological polar surface area (TPSA) is 52.1 Å². The first-order valence-corrected chi connectivity index (χ1v) is 10.4. The standard InChI is InChI=1S/C21H35N5O/c1-3-22-21(24-10-13-26-12-4-11-25(2)14-15-26)23-9-7-18-5-6-20-19(17-18)8-16-27-20/h5-6,17H,3-4,7-16H2,1-2H3,(H2,22,23,24). The second-order valence-corrected chi connectivity index (χ2v) is 7.48. The number of benzene rings is 1. The van der Waals surface area contributed by atoms with Gasteiger partial charge in [0, 0.05) is 39.1 Å². The Bertz CT molecular complexity index is 619. The number of guanidine groups is 1. The van der Waals surface area contributed by atoms with E-state index in [2.05, 4.69) is 52.6 Å². The van der Waals surface area contributed by atoms with Crippen molar-refractivity contribution in [3.8, 4) is 5.75 Å². The highest BCUT2D eigenvalue weighted by atomic mass is 16.5. The van der Waals surface area contributed by atoms with Gasteiger partial charge in [0.05, 0.1) is 13.2 Å². The van der Waals surface area contributed by atoms with Crippen LogP contribution < -0.4 is 15.4 Å². The summed E-state index contributed by atoms with van der Waals surface area (Å²) in [6.45, 7) is 11.3. The lowest BCUT2D eigenvalue weighted by Gasteiger charge is -2.19. The van der Waals surface area contributed by atoms with Gasteiger partial charge in [0.15, 0.2) is 5.96 Å². The number of nitrogens with one attached hydrogen (secondary N) is 2. The summed E-state index contributed by atoms with van der Waals surface area (Å²) >= 11 is 0. The van der Waals surface area contributed by atoms with Gasteiger partial charge >= 0.3 is 0 Å². The highest BCUT2D eigenvalue weighted by Gasteiger charge is 2.12. The number of fused-ring (bicyclic) bond motifs is 1. The van der Waals surface area contributed by atoms with Gasteiger partial charge < -0.3 is 25.2 Å². The molecule has 0 spiro atoms. The van der Waals surface area contributed by atoms with Gasteiger partial charge in [0.1, 0.15) is 5.75 Å². The van der Waals surface area contributed by atoms with E-state index in [1.54, 1.807) is 0 Å². The Labute approximate surface area is 164 Å². The average molecular weight is 374 g/mol. The molecule has 0 saturated carbocycles. The first-order valence-electron chi connectivity index (χ1n) is 10.4. The minimum absolute atomic E-state index is 0.821. The van der Waals surface area contributed by atoms with Gasteiger partial charge in [-0.1, -0.05) is 12.1 Å². The molecule has 1 saturated heterocycles. The van der Waals surface area contributed by atoms with Crippen molar-refractivity contribution >= 4 is 5.96 Å². The third kappa shape index (κ3) is 6.40. The maximum Gasteiger partial charge on any atom is 0.191 e. The Kier molecular flexibility index (Phi) is 7.78. The Morgan fingerprint density at radius 1 is 1.19 bits per heavy atom. The molecule has 0 unspecified atom stereocenters. The number of aliphatic imine (C=N–C) groups is 1. The van der Waals surface area contributed by atoms with Crippen LogP contribution >= 0.6 is 0 Å². The fraction of sp³-hybridized carbons (Fsp3) is 0.667. The molecule has 6 nitrogen and oxygen atoms in total. The minimum Gasteiger partial charge on any atom is -0.493 e. The summed E-state index contributed by atoms with van der Waals surface area (Å²) in [5.41, 5.74) is 2.70. The second kappa shape index (κ2) is 10.5. The summed E-state index contributed by atoms with van der Waals surface area (Å²) in [5.74, 6) is 1.98. The van der Waals surface area contributed by atoms with Crippen molar-refractivity contribution in [1.29, 1.82) is 0 Å². The zero-order chi connectivity index (χ0) is 18.9. The molecular weight excluding hydrogens is 338 g/mol. The van der Waals surface area contributed by atoms with Crippen LogP contribution in [0.2, 0.25) is 0 Å². The molecule has 2 heterocycles. The van der Waals surface area contributed by atoms with Crippen molar-refractivity contribution in [2.24, 2.45) is 4.99 Å². The highest BCUT2D eigenvalue weighted by molar-refractivity contribution is 5.79. The van der Waals surface area contributed by atoms with Crippen LogP contribution in [-0.4, -0.2) is 81.8 Å². The highest BCUT2D eigenvalue weighted by Crippen LogP contribution is 2.25. The summed E-state index contributed by atoms with van der Waals surface area (Å²) in [4.78, 5) is 9.71. The predicted octanol–water partition coefficient (Wildman–Crippen LogP) is 1.36. The lowest BCUT2D eigenvalue weighted by Crippen LogP contribution is -2.39. The molecule has 6 heteroatoms. The number of hydrogen-bond donors (Lipinski definition) is 2. The molecule has 2 aliphatic heterocycles. The molecule has 0 radical (unpaired) electrons. The van der Waals surface area contributed by atoms with E-state index in [-0.39, 0.29) is 0 Å². The fourth-order valence-corrected chi connectivity index (χ4v) is 3.69. The number of hydrogen-bond acceptors (Lipinski definition) is 4. The van der Waals surface area contributed by atoms with E-state index < -0.39 is 0 Å². The van der Waals surface area contributed by atoms with E-state index in [1.807, 2.05) is 0 Å². The van der Waals surface area contributed by atoms with Gasteiger partial charge in [0.2, 0.25) is 0 Å². The van der Waals surface area contributed by atoms with Crippen LogP contribution in [0.3, 0.4) is 0 Å². The first-order chi connectivity index (χ1) is 13.2. The van der Waals surface area contributed by atoms with Crippen LogP contribution in [0.5, 0.6) is 5.75 Å². The van der Waals surface area contributed by atoms with Gasteiger partial charge in [-0.05, 0) is 57.1 Å². The molecular formula is C21H35N5O. The van der Waals surface area contributed by atoms with Gasteiger partial charge in [-0.3, -0.25) is 4.99 Å². The third-order valence-electron chi connectivity index (χ3n) is 5.30. The van der Waals surface area contributed by atoms with Gasteiger partial charge in [0.25, 0.3) is 0 Å². The summed E-state index contributed by atoms with van der Waals surface area (Å²) in [7, 11) is 2.21. The largest absolute Gasteiger partial charge is 0.493 e. The van der Waals surface area contributed by atoms with E-state index in [4.69, 9.17) is 9.73 Å². The molecule has 1 aromatic carbocycles. The average Bonchev–Trinajstić information content (AvgIpc) is 3.03. The van der Waals surface area contributed by atoms with Gasteiger partial charge in [-0.15, -0.1) is 0 Å². The van der Waals surface area contributed by atoms with Crippen LogP contribution in [0.25, 0.3) is 0 Å². The predicted molar refractivity (Wildman–Crippen MR) is 112 cm³/mol. The third-order valence-corrected chi connectivity index (χ3v) is 5.30. The molecule has 0 amide bonds. The molecule has 27 heavy (non-hydrogen) atoms. The van der Waals surface area contributed by atoms with Crippen LogP contribution in [-0.2, 0) is 12.8 Å². The zero-order valence-corrected chi connectivity index (χ0v) is 17.0. The van der Waals surface area contributed by atoms with Crippen molar-refractivity contribution in [3.05, 3.63) is 29.3 Å².